The number of rotatable bonds is 3. The van der Waals surface area contributed by atoms with Gasteiger partial charge in [0.2, 0.25) is 11.9 Å². The van der Waals surface area contributed by atoms with Gasteiger partial charge in [-0.3, -0.25) is 14.8 Å². The van der Waals surface area contributed by atoms with Crippen molar-refractivity contribution in [3.63, 3.8) is 0 Å². The molecule has 0 bridgehead atoms. The largest absolute Gasteiger partial charge is 0.366 e. The summed E-state index contributed by atoms with van der Waals surface area (Å²) in [6, 6.07) is 6.87. The lowest BCUT2D eigenvalue weighted by Gasteiger charge is -2.27. The Morgan fingerprint density at radius 2 is 2.00 bits per heavy atom. The Kier molecular flexibility index (Phi) is 3.50. The average Bonchev–Trinajstić information content (AvgIpc) is 3.05. The summed E-state index contributed by atoms with van der Waals surface area (Å²) in [7, 11) is 0. The third kappa shape index (κ3) is 2.53. The van der Waals surface area contributed by atoms with E-state index < -0.39 is 11.9 Å². The van der Waals surface area contributed by atoms with Gasteiger partial charge in [-0.1, -0.05) is 6.07 Å². The van der Waals surface area contributed by atoms with E-state index in [0.29, 0.717) is 23.0 Å². The van der Waals surface area contributed by atoms with Gasteiger partial charge in [-0.2, -0.15) is 4.98 Å². The SMILES string of the molecule is CC1=C(C(N)=O)[C@@H](c2cccnc2)n2nc(-c3ccncc3)nc2N1. The second kappa shape index (κ2) is 5.82. The van der Waals surface area contributed by atoms with E-state index in [-0.39, 0.29) is 0 Å². The monoisotopic (exact) mass is 333 g/mol. The van der Waals surface area contributed by atoms with Crippen LogP contribution in [0.5, 0.6) is 0 Å². The fraction of sp³-hybridized carbons (Fsp3) is 0.118. The molecule has 8 nitrogen and oxygen atoms in total. The molecular formula is C17H15N7O. The number of carbonyl (C=O) groups is 1. The van der Waals surface area contributed by atoms with Crippen LogP contribution in [0.15, 0.2) is 60.3 Å². The smallest absolute Gasteiger partial charge is 0.248 e. The first-order valence-electron chi connectivity index (χ1n) is 7.69. The van der Waals surface area contributed by atoms with Crippen LogP contribution in [-0.2, 0) is 4.79 Å². The number of pyridine rings is 2. The van der Waals surface area contributed by atoms with E-state index in [9.17, 15) is 4.79 Å². The van der Waals surface area contributed by atoms with Crippen molar-refractivity contribution in [2.45, 2.75) is 13.0 Å². The number of carbonyl (C=O) groups excluding carboxylic acids is 1. The maximum absolute atomic E-state index is 12.1. The molecule has 0 saturated heterocycles. The predicted molar refractivity (Wildman–Crippen MR) is 91.1 cm³/mol. The van der Waals surface area contributed by atoms with Gasteiger partial charge in [0, 0.05) is 36.0 Å². The fourth-order valence-corrected chi connectivity index (χ4v) is 2.94. The number of nitrogens with zero attached hydrogens (tertiary/aromatic N) is 5. The first-order valence-corrected chi connectivity index (χ1v) is 7.69. The highest BCUT2D eigenvalue weighted by Crippen LogP contribution is 2.35. The number of allylic oxidation sites excluding steroid dienone is 1. The Morgan fingerprint density at radius 1 is 1.20 bits per heavy atom. The molecule has 0 aliphatic carbocycles. The van der Waals surface area contributed by atoms with E-state index in [1.54, 1.807) is 36.4 Å². The van der Waals surface area contributed by atoms with Crippen LogP contribution >= 0.6 is 0 Å². The molecule has 0 saturated carbocycles. The van der Waals surface area contributed by atoms with E-state index in [4.69, 9.17) is 5.73 Å². The Labute approximate surface area is 143 Å². The molecule has 1 aliphatic rings. The van der Waals surface area contributed by atoms with Crippen molar-refractivity contribution in [3.05, 3.63) is 65.9 Å². The summed E-state index contributed by atoms with van der Waals surface area (Å²) >= 11 is 0. The number of nitrogens with one attached hydrogen (secondary N) is 1. The summed E-state index contributed by atoms with van der Waals surface area (Å²) in [6.07, 6.45) is 6.74. The lowest BCUT2D eigenvalue weighted by Crippen LogP contribution is -2.31. The maximum atomic E-state index is 12.1. The van der Waals surface area contributed by atoms with E-state index in [0.717, 1.165) is 11.1 Å². The van der Waals surface area contributed by atoms with E-state index >= 15 is 0 Å². The van der Waals surface area contributed by atoms with Crippen LogP contribution in [0.4, 0.5) is 5.95 Å². The number of primary amides is 1. The highest BCUT2D eigenvalue weighted by atomic mass is 16.1. The zero-order valence-electron chi connectivity index (χ0n) is 13.4. The molecule has 0 radical (unpaired) electrons. The molecule has 8 heteroatoms. The van der Waals surface area contributed by atoms with Gasteiger partial charge in [-0.25, -0.2) is 4.68 Å². The molecule has 4 rings (SSSR count). The van der Waals surface area contributed by atoms with Crippen LogP contribution < -0.4 is 11.1 Å². The quantitative estimate of drug-likeness (QED) is 0.751. The summed E-state index contributed by atoms with van der Waals surface area (Å²) in [5.74, 6) is 0.575. The van der Waals surface area contributed by atoms with Crippen molar-refractivity contribution in [1.29, 1.82) is 0 Å². The topological polar surface area (TPSA) is 112 Å². The molecule has 0 spiro atoms. The Hall–Kier alpha value is -3.55. The van der Waals surface area contributed by atoms with Crippen molar-refractivity contribution in [2.75, 3.05) is 5.32 Å². The third-order valence-corrected chi connectivity index (χ3v) is 4.06. The summed E-state index contributed by atoms with van der Waals surface area (Å²) in [6.45, 7) is 1.80. The number of amides is 1. The Morgan fingerprint density at radius 3 is 2.68 bits per heavy atom. The first-order chi connectivity index (χ1) is 12.1. The fourth-order valence-electron chi connectivity index (χ4n) is 2.94. The minimum Gasteiger partial charge on any atom is -0.366 e. The maximum Gasteiger partial charge on any atom is 0.248 e. The zero-order valence-corrected chi connectivity index (χ0v) is 13.4. The molecule has 124 valence electrons. The van der Waals surface area contributed by atoms with Crippen molar-refractivity contribution < 1.29 is 4.79 Å². The molecule has 3 N–H and O–H groups in total. The second-order valence-electron chi connectivity index (χ2n) is 5.66. The van der Waals surface area contributed by atoms with Gasteiger partial charge >= 0.3 is 0 Å². The summed E-state index contributed by atoms with van der Waals surface area (Å²) in [4.78, 5) is 24.8. The standard InChI is InChI=1S/C17H15N7O/c1-10-13(15(18)25)14(12-3-2-6-20-9-12)24-17(21-10)22-16(23-24)11-4-7-19-8-5-11/h2-9,14H,1H3,(H2,18,25)(H,21,22,23)/t14-/m1/s1. The van der Waals surface area contributed by atoms with Crippen molar-refractivity contribution in [1.82, 2.24) is 24.7 Å². The molecule has 0 unspecified atom stereocenters. The average molecular weight is 333 g/mol. The summed E-state index contributed by atoms with van der Waals surface area (Å²) in [5.41, 5.74) is 8.37. The van der Waals surface area contributed by atoms with Crippen LogP contribution in [0.3, 0.4) is 0 Å². The van der Waals surface area contributed by atoms with Crippen molar-refractivity contribution in [3.8, 4) is 11.4 Å². The molecule has 0 fully saturated rings. The number of fused-ring (bicyclic) bond motifs is 1. The highest BCUT2D eigenvalue weighted by molar-refractivity contribution is 5.95. The lowest BCUT2D eigenvalue weighted by molar-refractivity contribution is -0.115. The summed E-state index contributed by atoms with van der Waals surface area (Å²) in [5, 5.41) is 7.70. The molecule has 1 atom stereocenters. The van der Waals surface area contributed by atoms with Gasteiger partial charge < -0.3 is 11.1 Å². The molecule has 3 aromatic heterocycles. The van der Waals surface area contributed by atoms with Gasteiger partial charge in [0.1, 0.15) is 6.04 Å². The molecule has 1 aliphatic heterocycles. The molecule has 1 amide bonds. The van der Waals surface area contributed by atoms with E-state index in [2.05, 4.69) is 25.4 Å². The highest BCUT2D eigenvalue weighted by Gasteiger charge is 2.33. The molecular weight excluding hydrogens is 318 g/mol. The van der Waals surface area contributed by atoms with Crippen LogP contribution in [0.1, 0.15) is 18.5 Å². The van der Waals surface area contributed by atoms with Crippen molar-refractivity contribution in [2.24, 2.45) is 5.73 Å². The van der Waals surface area contributed by atoms with Gasteiger partial charge in [0.05, 0.1) is 5.57 Å². The Balaban J connectivity index is 1.89. The van der Waals surface area contributed by atoms with Gasteiger partial charge in [0.25, 0.3) is 0 Å². The van der Waals surface area contributed by atoms with Crippen LogP contribution in [0, 0.1) is 0 Å². The molecule has 4 heterocycles. The van der Waals surface area contributed by atoms with Gasteiger partial charge in [-0.15, -0.1) is 5.10 Å². The number of anilines is 1. The third-order valence-electron chi connectivity index (χ3n) is 4.06. The van der Waals surface area contributed by atoms with Crippen LogP contribution in [0.2, 0.25) is 0 Å². The van der Waals surface area contributed by atoms with E-state index in [1.165, 1.54) is 0 Å². The summed E-state index contributed by atoms with van der Waals surface area (Å²) < 4.78 is 1.67. The van der Waals surface area contributed by atoms with Gasteiger partial charge in [0.15, 0.2) is 5.82 Å². The minimum atomic E-state index is -0.509. The molecule has 25 heavy (non-hydrogen) atoms. The van der Waals surface area contributed by atoms with Gasteiger partial charge in [-0.05, 0) is 30.7 Å². The van der Waals surface area contributed by atoms with Crippen molar-refractivity contribution >= 4 is 11.9 Å². The number of hydrogen-bond donors (Lipinski definition) is 2. The zero-order chi connectivity index (χ0) is 17.4. The normalized spacial score (nSPS) is 16.3. The molecule has 3 aromatic rings. The number of nitrogens with two attached hydrogens (primary N) is 1. The number of aromatic nitrogens is 5. The van der Waals surface area contributed by atoms with Crippen LogP contribution in [-0.4, -0.2) is 30.6 Å². The Bertz CT molecular complexity index is 963. The van der Waals surface area contributed by atoms with Crippen LogP contribution in [0.25, 0.3) is 11.4 Å². The second-order valence-corrected chi connectivity index (χ2v) is 5.66. The molecule has 0 aromatic carbocycles. The minimum absolute atomic E-state index is 0.437. The lowest BCUT2D eigenvalue weighted by atomic mass is 9.97. The van der Waals surface area contributed by atoms with E-state index in [1.807, 2.05) is 24.3 Å². The number of hydrogen-bond acceptors (Lipinski definition) is 6. The first kappa shape index (κ1) is 15.0. The predicted octanol–water partition coefficient (Wildman–Crippen LogP) is 1.51.